The SMILES string of the molecule is CC(C(=O)O)N(C)CC(=O)N(Cc1cccs1)C1CCS(=O)(=O)C1. The van der Waals surface area contributed by atoms with E-state index in [0.29, 0.717) is 13.0 Å². The van der Waals surface area contributed by atoms with Crippen molar-refractivity contribution < 1.29 is 23.1 Å². The fourth-order valence-corrected chi connectivity index (χ4v) is 5.08. The Bertz CT molecular complexity index is 687. The van der Waals surface area contributed by atoms with Crippen molar-refractivity contribution in [1.29, 1.82) is 0 Å². The molecule has 2 unspecified atom stereocenters. The molecule has 24 heavy (non-hydrogen) atoms. The van der Waals surface area contributed by atoms with Gasteiger partial charge in [0.25, 0.3) is 0 Å². The van der Waals surface area contributed by atoms with Crippen molar-refractivity contribution in [3.8, 4) is 0 Å². The van der Waals surface area contributed by atoms with Crippen molar-refractivity contribution in [2.24, 2.45) is 0 Å². The van der Waals surface area contributed by atoms with Crippen molar-refractivity contribution in [3.05, 3.63) is 22.4 Å². The zero-order valence-corrected chi connectivity index (χ0v) is 15.3. The highest BCUT2D eigenvalue weighted by molar-refractivity contribution is 7.91. The summed E-state index contributed by atoms with van der Waals surface area (Å²) in [6.07, 6.45) is 0.428. The summed E-state index contributed by atoms with van der Waals surface area (Å²) in [5.41, 5.74) is 0. The lowest BCUT2D eigenvalue weighted by atomic mass is 10.2. The van der Waals surface area contributed by atoms with E-state index in [1.165, 1.54) is 23.2 Å². The second-order valence-corrected chi connectivity index (χ2v) is 9.35. The van der Waals surface area contributed by atoms with Gasteiger partial charge in [-0.15, -0.1) is 11.3 Å². The van der Waals surface area contributed by atoms with Crippen LogP contribution >= 0.6 is 11.3 Å². The number of nitrogens with zero attached hydrogens (tertiary/aromatic N) is 2. The summed E-state index contributed by atoms with van der Waals surface area (Å²) in [7, 11) is -1.53. The highest BCUT2D eigenvalue weighted by Gasteiger charge is 2.35. The number of carboxylic acids is 1. The van der Waals surface area contributed by atoms with Gasteiger partial charge in [-0.3, -0.25) is 14.5 Å². The van der Waals surface area contributed by atoms with E-state index in [1.54, 1.807) is 11.9 Å². The van der Waals surface area contributed by atoms with Crippen LogP contribution in [-0.2, 0) is 26.0 Å². The molecule has 1 N–H and O–H groups in total. The largest absolute Gasteiger partial charge is 0.480 e. The minimum Gasteiger partial charge on any atom is -0.480 e. The zero-order chi connectivity index (χ0) is 17.9. The summed E-state index contributed by atoms with van der Waals surface area (Å²) >= 11 is 1.51. The van der Waals surface area contributed by atoms with Gasteiger partial charge in [0, 0.05) is 10.9 Å². The Morgan fingerprint density at radius 2 is 2.17 bits per heavy atom. The lowest BCUT2D eigenvalue weighted by Gasteiger charge is -2.30. The second-order valence-electron chi connectivity index (χ2n) is 6.09. The summed E-state index contributed by atoms with van der Waals surface area (Å²) in [4.78, 5) is 27.8. The summed E-state index contributed by atoms with van der Waals surface area (Å²) < 4.78 is 23.5. The molecule has 0 radical (unpaired) electrons. The highest BCUT2D eigenvalue weighted by atomic mass is 32.2. The van der Waals surface area contributed by atoms with Crippen LogP contribution < -0.4 is 0 Å². The van der Waals surface area contributed by atoms with Gasteiger partial charge >= 0.3 is 5.97 Å². The molecule has 1 fully saturated rings. The number of amides is 1. The van der Waals surface area contributed by atoms with Crippen LogP contribution in [0.3, 0.4) is 0 Å². The van der Waals surface area contributed by atoms with Gasteiger partial charge in [-0.25, -0.2) is 8.42 Å². The molecule has 0 spiro atoms. The molecule has 2 heterocycles. The maximum absolute atomic E-state index is 12.7. The fraction of sp³-hybridized carbons (Fsp3) is 0.600. The molecule has 0 saturated carbocycles. The molecule has 2 atom stereocenters. The number of aliphatic carboxylic acids is 1. The van der Waals surface area contributed by atoms with E-state index in [4.69, 9.17) is 5.11 Å². The van der Waals surface area contributed by atoms with E-state index in [9.17, 15) is 18.0 Å². The number of hydrogen-bond acceptors (Lipinski definition) is 6. The number of hydrogen-bond donors (Lipinski definition) is 1. The first-order valence-corrected chi connectivity index (χ1v) is 10.3. The van der Waals surface area contributed by atoms with Crippen LogP contribution in [0.2, 0.25) is 0 Å². The van der Waals surface area contributed by atoms with E-state index in [-0.39, 0.29) is 30.0 Å². The van der Waals surface area contributed by atoms with Crippen molar-refractivity contribution in [1.82, 2.24) is 9.80 Å². The van der Waals surface area contributed by atoms with Crippen LogP contribution in [0.15, 0.2) is 17.5 Å². The molecule has 0 aromatic carbocycles. The Labute approximate surface area is 145 Å². The number of rotatable bonds is 7. The van der Waals surface area contributed by atoms with Crippen LogP contribution in [0.25, 0.3) is 0 Å². The molecule has 9 heteroatoms. The Hall–Kier alpha value is -1.45. The Balaban J connectivity index is 2.12. The smallest absolute Gasteiger partial charge is 0.320 e. The minimum atomic E-state index is -3.11. The minimum absolute atomic E-state index is 0.0255. The number of carbonyl (C=O) groups is 2. The zero-order valence-electron chi connectivity index (χ0n) is 13.7. The van der Waals surface area contributed by atoms with Crippen molar-refractivity contribution in [3.63, 3.8) is 0 Å². The van der Waals surface area contributed by atoms with Gasteiger partial charge in [0.2, 0.25) is 5.91 Å². The molecule has 0 aliphatic carbocycles. The molecule has 1 aromatic heterocycles. The van der Waals surface area contributed by atoms with Gasteiger partial charge in [0.05, 0.1) is 24.6 Å². The van der Waals surface area contributed by atoms with Gasteiger partial charge in [-0.05, 0) is 31.8 Å². The van der Waals surface area contributed by atoms with Gasteiger partial charge in [0.1, 0.15) is 6.04 Å². The molecule has 1 aliphatic heterocycles. The molecule has 134 valence electrons. The maximum atomic E-state index is 12.7. The van der Waals surface area contributed by atoms with Crippen LogP contribution in [0.5, 0.6) is 0 Å². The predicted octanol–water partition coefficient (Wildman–Crippen LogP) is 0.669. The van der Waals surface area contributed by atoms with Gasteiger partial charge < -0.3 is 10.0 Å². The number of thiophene rings is 1. The lowest BCUT2D eigenvalue weighted by Crippen LogP contribution is -2.47. The van der Waals surface area contributed by atoms with E-state index in [0.717, 1.165) is 4.88 Å². The summed E-state index contributed by atoms with van der Waals surface area (Å²) in [6.45, 7) is 1.81. The van der Waals surface area contributed by atoms with Crippen molar-refractivity contribution >= 4 is 33.1 Å². The highest BCUT2D eigenvalue weighted by Crippen LogP contribution is 2.22. The van der Waals surface area contributed by atoms with Crippen LogP contribution in [0.4, 0.5) is 0 Å². The van der Waals surface area contributed by atoms with Gasteiger partial charge in [0.15, 0.2) is 9.84 Å². The second kappa shape index (κ2) is 7.62. The molecule has 7 nitrogen and oxygen atoms in total. The number of carboxylic acid groups (broad SMARTS) is 1. The molecular formula is C15H22N2O5S2. The molecular weight excluding hydrogens is 352 g/mol. The molecule has 1 aromatic rings. The standard InChI is InChI=1S/C15H22N2O5S2/c1-11(15(19)20)16(2)9-14(18)17(8-13-4-3-6-23-13)12-5-7-24(21,22)10-12/h3-4,6,11-12H,5,7-10H2,1-2H3,(H,19,20). The van der Waals surface area contributed by atoms with E-state index in [2.05, 4.69) is 0 Å². The van der Waals surface area contributed by atoms with Crippen molar-refractivity contribution in [2.45, 2.75) is 32.0 Å². The van der Waals surface area contributed by atoms with Crippen LogP contribution in [0.1, 0.15) is 18.2 Å². The summed E-state index contributed by atoms with van der Waals surface area (Å²) in [5, 5.41) is 11.0. The molecule has 0 bridgehead atoms. The average Bonchev–Trinajstić information content (AvgIpc) is 3.12. The Morgan fingerprint density at radius 3 is 2.67 bits per heavy atom. The van der Waals surface area contributed by atoms with Crippen LogP contribution in [-0.4, -0.2) is 72.4 Å². The van der Waals surface area contributed by atoms with Crippen molar-refractivity contribution in [2.75, 3.05) is 25.1 Å². The fourth-order valence-electron chi connectivity index (χ4n) is 2.64. The predicted molar refractivity (Wildman–Crippen MR) is 91.7 cm³/mol. The third-order valence-electron chi connectivity index (χ3n) is 4.28. The number of carbonyl (C=O) groups excluding carboxylic acids is 1. The third kappa shape index (κ3) is 4.78. The topological polar surface area (TPSA) is 95.0 Å². The first-order chi connectivity index (χ1) is 11.2. The maximum Gasteiger partial charge on any atom is 0.320 e. The Morgan fingerprint density at radius 1 is 1.46 bits per heavy atom. The molecule has 1 aliphatic rings. The summed E-state index contributed by atoms with van der Waals surface area (Å²) in [5.74, 6) is -1.19. The summed E-state index contributed by atoms with van der Waals surface area (Å²) in [6, 6.07) is 2.65. The number of likely N-dealkylation sites (N-methyl/N-ethyl adjacent to an activating group) is 1. The molecule has 1 saturated heterocycles. The van der Waals surface area contributed by atoms with Crippen LogP contribution in [0, 0.1) is 0 Å². The monoisotopic (exact) mass is 374 g/mol. The van der Waals surface area contributed by atoms with E-state index >= 15 is 0 Å². The van der Waals surface area contributed by atoms with Gasteiger partial charge in [-0.2, -0.15) is 0 Å². The average molecular weight is 374 g/mol. The normalized spacial score (nSPS) is 20.9. The lowest BCUT2D eigenvalue weighted by molar-refractivity contribution is -0.143. The number of sulfone groups is 1. The Kier molecular flexibility index (Phi) is 6.00. The third-order valence-corrected chi connectivity index (χ3v) is 6.89. The van der Waals surface area contributed by atoms with Gasteiger partial charge in [-0.1, -0.05) is 6.07 Å². The van der Waals surface area contributed by atoms with E-state index in [1.807, 2.05) is 17.5 Å². The quantitative estimate of drug-likeness (QED) is 0.754. The molecule has 2 rings (SSSR count). The first kappa shape index (κ1) is 18.9. The first-order valence-electron chi connectivity index (χ1n) is 7.65. The molecule has 1 amide bonds. The van der Waals surface area contributed by atoms with E-state index < -0.39 is 21.8 Å².